The van der Waals surface area contributed by atoms with Gasteiger partial charge in [-0.3, -0.25) is 9.59 Å². The van der Waals surface area contributed by atoms with Gasteiger partial charge < -0.3 is 14.6 Å². The third-order valence-corrected chi connectivity index (χ3v) is 3.84. The van der Waals surface area contributed by atoms with Crippen LogP contribution in [0.15, 0.2) is 67.3 Å². The van der Waals surface area contributed by atoms with E-state index in [4.69, 9.17) is 4.74 Å². The van der Waals surface area contributed by atoms with Crippen molar-refractivity contribution in [2.24, 2.45) is 0 Å². The van der Waals surface area contributed by atoms with Crippen molar-refractivity contribution in [1.82, 2.24) is 14.9 Å². The van der Waals surface area contributed by atoms with Gasteiger partial charge in [-0.05, 0) is 23.3 Å². The summed E-state index contributed by atoms with van der Waals surface area (Å²) in [4.78, 5) is 26.9. The number of aromatic nitrogens is 2. The predicted molar refractivity (Wildman–Crippen MR) is 96.9 cm³/mol. The molecule has 0 aliphatic rings. The van der Waals surface area contributed by atoms with Gasteiger partial charge in [0.05, 0.1) is 11.9 Å². The Balaban J connectivity index is 1.46. The monoisotopic (exact) mass is 349 g/mol. The lowest BCUT2D eigenvalue weighted by atomic mass is 10.1. The van der Waals surface area contributed by atoms with Crippen molar-refractivity contribution in [2.75, 3.05) is 6.61 Å². The number of ether oxygens (including phenoxy) is 1. The second-order valence-corrected chi connectivity index (χ2v) is 5.77. The molecule has 0 aliphatic carbocycles. The number of rotatable bonds is 8. The van der Waals surface area contributed by atoms with Crippen molar-refractivity contribution in [2.45, 2.75) is 13.1 Å². The third-order valence-electron chi connectivity index (χ3n) is 3.84. The minimum Gasteiger partial charge on any atom is -0.483 e. The van der Waals surface area contributed by atoms with Crippen molar-refractivity contribution in [3.63, 3.8) is 0 Å². The van der Waals surface area contributed by atoms with Crippen LogP contribution in [0.1, 0.15) is 21.5 Å². The summed E-state index contributed by atoms with van der Waals surface area (Å²) in [5.41, 5.74) is 2.58. The molecular formula is C20H19N3O3. The Morgan fingerprint density at radius 3 is 2.62 bits per heavy atom. The molecule has 1 amide bonds. The van der Waals surface area contributed by atoms with Crippen LogP contribution in [-0.4, -0.2) is 28.4 Å². The molecule has 2 aromatic carbocycles. The molecule has 1 heterocycles. The summed E-state index contributed by atoms with van der Waals surface area (Å²) < 4.78 is 7.40. The minimum absolute atomic E-state index is 0.135. The summed E-state index contributed by atoms with van der Waals surface area (Å²) in [6.07, 6.45) is 6.14. The number of carbonyl (C=O) groups excluding carboxylic acids is 2. The van der Waals surface area contributed by atoms with Crippen molar-refractivity contribution in [1.29, 1.82) is 0 Å². The van der Waals surface area contributed by atoms with E-state index in [1.807, 2.05) is 35.0 Å². The number of imidazole rings is 1. The van der Waals surface area contributed by atoms with Gasteiger partial charge in [0.25, 0.3) is 5.91 Å². The number of aldehydes is 1. The standard InChI is InChI=1S/C20H19N3O3/c24-13-18-3-1-2-4-19(18)26-14-20(25)22-11-16-5-7-17(8-6-16)12-23-10-9-21-15-23/h1-10,13,15H,11-12,14H2,(H,22,25). The second-order valence-electron chi connectivity index (χ2n) is 5.77. The number of hydrogen-bond donors (Lipinski definition) is 1. The van der Waals surface area contributed by atoms with E-state index in [2.05, 4.69) is 10.3 Å². The number of nitrogens with zero attached hydrogens (tertiary/aromatic N) is 2. The smallest absolute Gasteiger partial charge is 0.258 e. The normalized spacial score (nSPS) is 10.3. The van der Waals surface area contributed by atoms with Crippen LogP contribution < -0.4 is 10.1 Å². The lowest BCUT2D eigenvalue weighted by Crippen LogP contribution is -2.28. The number of hydrogen-bond acceptors (Lipinski definition) is 4. The van der Waals surface area contributed by atoms with Crippen molar-refractivity contribution < 1.29 is 14.3 Å². The van der Waals surface area contributed by atoms with Crippen LogP contribution in [0.2, 0.25) is 0 Å². The summed E-state index contributed by atoms with van der Waals surface area (Å²) in [6.45, 7) is 1.04. The molecule has 0 aliphatic heterocycles. The third kappa shape index (κ3) is 4.80. The number of nitrogens with one attached hydrogen (secondary N) is 1. The highest BCUT2D eigenvalue weighted by molar-refractivity contribution is 5.80. The van der Waals surface area contributed by atoms with Gasteiger partial charge in [-0.25, -0.2) is 4.98 Å². The fraction of sp³-hybridized carbons (Fsp3) is 0.150. The highest BCUT2D eigenvalue weighted by Gasteiger charge is 2.06. The predicted octanol–water partition coefficient (Wildman–Crippen LogP) is 2.44. The Kier molecular flexibility index (Phi) is 5.77. The molecule has 0 bridgehead atoms. The van der Waals surface area contributed by atoms with E-state index >= 15 is 0 Å². The topological polar surface area (TPSA) is 73.2 Å². The van der Waals surface area contributed by atoms with Crippen molar-refractivity contribution in [3.05, 3.63) is 83.9 Å². The van der Waals surface area contributed by atoms with Crippen LogP contribution in [0.5, 0.6) is 5.75 Å². The Bertz CT molecular complexity index is 858. The molecule has 1 aromatic heterocycles. The summed E-state index contributed by atoms with van der Waals surface area (Å²) in [7, 11) is 0. The Labute approximate surface area is 151 Å². The van der Waals surface area contributed by atoms with Crippen LogP contribution in [-0.2, 0) is 17.9 Å². The van der Waals surface area contributed by atoms with Gasteiger partial charge in [-0.2, -0.15) is 0 Å². The summed E-state index contributed by atoms with van der Waals surface area (Å²) in [5, 5.41) is 2.80. The minimum atomic E-state index is -0.242. The molecule has 0 saturated carbocycles. The van der Waals surface area contributed by atoms with Gasteiger partial charge in [0.1, 0.15) is 5.75 Å². The zero-order valence-electron chi connectivity index (χ0n) is 14.2. The molecule has 0 atom stereocenters. The quantitative estimate of drug-likeness (QED) is 0.634. The zero-order chi connectivity index (χ0) is 18.2. The molecule has 26 heavy (non-hydrogen) atoms. The first kappa shape index (κ1) is 17.4. The lowest BCUT2D eigenvalue weighted by molar-refractivity contribution is -0.123. The van der Waals surface area contributed by atoms with Gasteiger partial charge in [0.2, 0.25) is 0 Å². The summed E-state index contributed by atoms with van der Waals surface area (Å²) in [6, 6.07) is 14.8. The highest BCUT2D eigenvalue weighted by atomic mass is 16.5. The average Bonchev–Trinajstić information content (AvgIpc) is 3.19. The van der Waals surface area contributed by atoms with Gasteiger partial charge in [0, 0.05) is 25.5 Å². The maximum absolute atomic E-state index is 11.9. The van der Waals surface area contributed by atoms with Crippen molar-refractivity contribution in [3.8, 4) is 5.75 Å². The maximum Gasteiger partial charge on any atom is 0.258 e. The molecule has 0 unspecified atom stereocenters. The fourth-order valence-electron chi connectivity index (χ4n) is 2.46. The lowest BCUT2D eigenvalue weighted by Gasteiger charge is -2.09. The zero-order valence-corrected chi connectivity index (χ0v) is 14.2. The van der Waals surface area contributed by atoms with Gasteiger partial charge in [-0.15, -0.1) is 0 Å². The van der Waals surface area contributed by atoms with E-state index in [1.165, 1.54) is 0 Å². The molecule has 6 nitrogen and oxygen atoms in total. The molecular weight excluding hydrogens is 330 g/mol. The Morgan fingerprint density at radius 2 is 1.88 bits per heavy atom. The van der Waals surface area contributed by atoms with Gasteiger partial charge in [-0.1, -0.05) is 36.4 Å². The van der Waals surface area contributed by atoms with Crippen LogP contribution in [0.4, 0.5) is 0 Å². The molecule has 1 N–H and O–H groups in total. The van der Waals surface area contributed by atoms with Crippen LogP contribution in [0.25, 0.3) is 0 Å². The number of carbonyl (C=O) groups is 2. The van der Waals surface area contributed by atoms with E-state index in [-0.39, 0.29) is 12.5 Å². The van der Waals surface area contributed by atoms with E-state index in [0.29, 0.717) is 24.1 Å². The number of benzene rings is 2. The first-order valence-corrected chi connectivity index (χ1v) is 8.22. The number of amides is 1. The first-order chi connectivity index (χ1) is 12.7. The van der Waals surface area contributed by atoms with Gasteiger partial charge in [0.15, 0.2) is 12.9 Å². The number of para-hydroxylation sites is 1. The maximum atomic E-state index is 11.9. The van der Waals surface area contributed by atoms with Crippen molar-refractivity contribution >= 4 is 12.2 Å². The Hall–Kier alpha value is -3.41. The highest BCUT2D eigenvalue weighted by Crippen LogP contribution is 2.15. The van der Waals surface area contributed by atoms with Crippen LogP contribution >= 0.6 is 0 Å². The summed E-state index contributed by atoms with van der Waals surface area (Å²) in [5.74, 6) is 0.162. The molecule has 6 heteroatoms. The molecule has 3 aromatic rings. The van der Waals surface area contributed by atoms with E-state index in [0.717, 1.165) is 17.7 Å². The molecule has 0 radical (unpaired) electrons. The summed E-state index contributed by atoms with van der Waals surface area (Å²) >= 11 is 0. The molecule has 0 spiro atoms. The second kappa shape index (κ2) is 8.62. The molecule has 3 rings (SSSR count). The van der Waals surface area contributed by atoms with Crippen LogP contribution in [0.3, 0.4) is 0 Å². The average molecular weight is 349 g/mol. The van der Waals surface area contributed by atoms with E-state index in [1.54, 1.807) is 36.8 Å². The van der Waals surface area contributed by atoms with E-state index in [9.17, 15) is 9.59 Å². The molecule has 0 fully saturated rings. The van der Waals surface area contributed by atoms with Gasteiger partial charge >= 0.3 is 0 Å². The Morgan fingerprint density at radius 1 is 1.12 bits per heavy atom. The van der Waals surface area contributed by atoms with Crippen LogP contribution in [0, 0.1) is 0 Å². The van der Waals surface area contributed by atoms with E-state index < -0.39 is 0 Å². The first-order valence-electron chi connectivity index (χ1n) is 8.22. The molecule has 0 saturated heterocycles. The molecule has 132 valence electrons. The fourth-order valence-corrected chi connectivity index (χ4v) is 2.46. The SMILES string of the molecule is O=Cc1ccccc1OCC(=O)NCc1ccc(Cn2ccnc2)cc1. The largest absolute Gasteiger partial charge is 0.483 e.